The molecule has 43 heavy (non-hydrogen) atoms. The van der Waals surface area contributed by atoms with Crippen LogP contribution in [0.15, 0.2) is 41.4 Å². The summed E-state index contributed by atoms with van der Waals surface area (Å²) in [4.78, 5) is 41.5. The first-order valence-corrected chi connectivity index (χ1v) is 12.6. The Bertz CT molecular complexity index is 1350. The summed E-state index contributed by atoms with van der Waals surface area (Å²) in [6, 6.07) is 2.63. The topological polar surface area (TPSA) is 161 Å². The Labute approximate surface area is 240 Å². The number of anilines is 1. The van der Waals surface area contributed by atoms with Crippen LogP contribution in [-0.4, -0.2) is 66.3 Å². The number of carbonyl (C=O) groups excluding carboxylic acids is 3. The summed E-state index contributed by atoms with van der Waals surface area (Å²) in [5, 5.41) is 29.5. The normalized spacial score (nSPS) is 15.9. The van der Waals surface area contributed by atoms with Crippen LogP contribution in [-0.2, 0) is 26.7 Å². The molecule has 0 bridgehead atoms. The Morgan fingerprint density at radius 2 is 1.70 bits per heavy atom. The molecule has 0 aromatic heterocycles. The molecule has 0 saturated heterocycles. The molecule has 1 aliphatic heterocycles. The molecule has 6 N–H and O–H groups in total. The van der Waals surface area contributed by atoms with Crippen molar-refractivity contribution in [1.82, 2.24) is 16.0 Å². The molecule has 0 aliphatic carbocycles. The Balaban J connectivity index is 1.77. The molecule has 17 heteroatoms. The number of hydrogen-bond donors (Lipinski definition) is 6. The Hall–Kier alpha value is -4.54. The van der Waals surface area contributed by atoms with Crippen LogP contribution >= 0.6 is 0 Å². The van der Waals surface area contributed by atoms with E-state index >= 15 is 0 Å². The number of phenolic OH excluding ortho intramolecular Hbond substituents is 1. The lowest BCUT2D eigenvalue weighted by Crippen LogP contribution is -2.42. The van der Waals surface area contributed by atoms with Crippen LogP contribution in [0.25, 0.3) is 0 Å². The van der Waals surface area contributed by atoms with Gasteiger partial charge in [0.2, 0.25) is 5.91 Å². The minimum Gasteiger partial charge on any atom is -0.508 e. The van der Waals surface area contributed by atoms with Gasteiger partial charge in [-0.05, 0) is 42.8 Å². The molecule has 2 atom stereocenters. The van der Waals surface area contributed by atoms with Gasteiger partial charge in [0.1, 0.15) is 5.75 Å². The van der Waals surface area contributed by atoms with Crippen molar-refractivity contribution in [2.75, 3.05) is 31.6 Å². The van der Waals surface area contributed by atoms with E-state index in [1.165, 1.54) is 19.1 Å². The van der Waals surface area contributed by atoms with Crippen molar-refractivity contribution >= 4 is 29.4 Å². The molecule has 2 aromatic carbocycles. The number of carbonyl (C=O) groups is 3. The number of hydrogen-bond acceptors (Lipinski definition) is 9. The highest BCUT2D eigenvalue weighted by Crippen LogP contribution is 2.38. The average molecular weight is 620 g/mol. The van der Waals surface area contributed by atoms with Crippen LogP contribution in [0.1, 0.15) is 46.4 Å². The fourth-order valence-electron chi connectivity index (χ4n) is 3.89. The number of nitrogens with one attached hydrogen (secondary N) is 4. The number of aliphatic hydroxyl groups is 1. The number of rotatable bonds is 9. The Morgan fingerprint density at radius 1 is 1.05 bits per heavy atom. The van der Waals surface area contributed by atoms with Gasteiger partial charge in [-0.25, -0.2) is 0 Å². The van der Waals surface area contributed by atoms with Gasteiger partial charge in [-0.15, -0.1) is 0 Å². The van der Waals surface area contributed by atoms with Gasteiger partial charge in [-0.3, -0.25) is 19.4 Å². The van der Waals surface area contributed by atoms with E-state index in [1.807, 2.05) is 0 Å². The third-order valence-electron chi connectivity index (χ3n) is 5.84. The summed E-state index contributed by atoms with van der Waals surface area (Å²) in [7, 11) is 0. The maximum Gasteiger partial charge on any atom is 0.416 e. The van der Waals surface area contributed by atoms with Crippen LogP contribution < -0.4 is 21.3 Å². The summed E-state index contributed by atoms with van der Waals surface area (Å²) < 4.78 is 85.1. The van der Waals surface area contributed by atoms with E-state index in [0.29, 0.717) is 12.1 Å². The number of esters is 1. The Morgan fingerprint density at radius 3 is 2.26 bits per heavy atom. The quantitative estimate of drug-likeness (QED) is 0.185. The van der Waals surface area contributed by atoms with Crippen molar-refractivity contribution in [2.45, 2.75) is 37.8 Å². The second-order valence-electron chi connectivity index (χ2n) is 9.27. The zero-order valence-corrected chi connectivity index (χ0v) is 22.4. The van der Waals surface area contributed by atoms with E-state index in [9.17, 15) is 50.9 Å². The number of ether oxygens (including phenoxy) is 1. The fraction of sp³-hybridized carbons (Fsp3) is 0.385. The molecule has 1 heterocycles. The van der Waals surface area contributed by atoms with Crippen LogP contribution in [0.4, 0.5) is 32.0 Å². The molecule has 2 aromatic rings. The van der Waals surface area contributed by atoms with Crippen molar-refractivity contribution in [1.29, 1.82) is 0 Å². The van der Waals surface area contributed by atoms with Gasteiger partial charge in [0.25, 0.3) is 5.91 Å². The van der Waals surface area contributed by atoms with E-state index in [0.717, 1.165) is 6.07 Å². The number of aliphatic imine (C=N–C) groups is 1. The summed E-state index contributed by atoms with van der Waals surface area (Å²) in [6.45, 7) is 0.818. The molecule has 0 saturated carbocycles. The van der Waals surface area contributed by atoms with E-state index in [1.54, 1.807) is 0 Å². The van der Waals surface area contributed by atoms with Crippen molar-refractivity contribution in [2.24, 2.45) is 4.99 Å². The fourth-order valence-corrected chi connectivity index (χ4v) is 3.89. The molecule has 2 amide bonds. The number of amides is 2. The van der Waals surface area contributed by atoms with Crippen molar-refractivity contribution < 1.29 is 55.7 Å². The zero-order valence-electron chi connectivity index (χ0n) is 22.4. The van der Waals surface area contributed by atoms with E-state index in [2.05, 4.69) is 26.3 Å². The lowest BCUT2D eigenvalue weighted by molar-refractivity contribution is -0.144. The largest absolute Gasteiger partial charge is 0.508 e. The molecule has 1 aliphatic rings. The number of alkyl halides is 6. The Kier molecular flexibility index (Phi) is 10.4. The highest BCUT2D eigenvalue weighted by atomic mass is 19.4. The van der Waals surface area contributed by atoms with Crippen molar-refractivity contribution in [3.05, 3.63) is 58.7 Å². The highest BCUT2D eigenvalue weighted by molar-refractivity contribution is 6.00. The van der Waals surface area contributed by atoms with Crippen LogP contribution in [0.2, 0.25) is 0 Å². The van der Waals surface area contributed by atoms with E-state index in [-0.39, 0.29) is 48.7 Å². The first kappa shape index (κ1) is 33.0. The number of phenols is 1. The smallest absolute Gasteiger partial charge is 0.416 e. The number of aromatic hydroxyl groups is 1. The minimum absolute atomic E-state index is 0.0916. The monoisotopic (exact) mass is 619 g/mol. The molecular weight excluding hydrogens is 592 g/mol. The van der Waals surface area contributed by atoms with Gasteiger partial charge in [-0.2, -0.15) is 26.3 Å². The molecule has 0 fully saturated rings. The second kappa shape index (κ2) is 13.6. The van der Waals surface area contributed by atoms with Crippen molar-refractivity contribution in [3.8, 4) is 5.75 Å². The number of aliphatic hydroxyl groups excluding tert-OH is 1. The van der Waals surface area contributed by atoms with Crippen LogP contribution in [0.3, 0.4) is 0 Å². The predicted molar refractivity (Wildman–Crippen MR) is 139 cm³/mol. The number of benzene rings is 2. The standard InChI is InChI=1S/C26H27F6N5O6/c1-2-43-22(41)9-20(13-3-15(25(27,28)29)7-16(4-13)26(30,31)32)37-21(40)12-33-23(42)14-5-17(8-18(38)6-14)36-24-34-10-19(39)11-35-24/h3-8,19-20,38-39H,2,9-12H2,1H3,(H,33,42)(H,37,40)(H2,34,35,36)/t20-/m0/s1. The van der Waals surface area contributed by atoms with Gasteiger partial charge in [0, 0.05) is 23.9 Å². The summed E-state index contributed by atoms with van der Waals surface area (Å²) >= 11 is 0. The maximum absolute atomic E-state index is 13.4. The molecule has 234 valence electrons. The molecule has 11 nitrogen and oxygen atoms in total. The third-order valence-corrected chi connectivity index (χ3v) is 5.84. The van der Waals surface area contributed by atoms with Gasteiger partial charge in [-0.1, -0.05) is 0 Å². The van der Waals surface area contributed by atoms with E-state index < -0.39 is 71.9 Å². The molecule has 0 spiro atoms. The number of β-amino-alcohol motifs (C(OH)–C–C–N with tert-alkyl or cyclic N) is 1. The molecule has 3 rings (SSSR count). The van der Waals surface area contributed by atoms with E-state index in [4.69, 9.17) is 4.74 Å². The highest BCUT2D eigenvalue weighted by Gasteiger charge is 2.38. The van der Waals surface area contributed by atoms with Gasteiger partial charge < -0.3 is 36.2 Å². The average Bonchev–Trinajstić information content (AvgIpc) is 2.91. The van der Waals surface area contributed by atoms with Crippen molar-refractivity contribution in [3.63, 3.8) is 0 Å². The summed E-state index contributed by atoms with van der Waals surface area (Å²) in [5.41, 5.74) is -3.86. The first-order valence-electron chi connectivity index (χ1n) is 12.6. The van der Waals surface area contributed by atoms with Gasteiger partial charge >= 0.3 is 18.3 Å². The first-order chi connectivity index (χ1) is 20.0. The number of nitrogens with zero attached hydrogens (tertiary/aromatic N) is 1. The maximum atomic E-state index is 13.4. The molecule has 1 unspecified atom stereocenters. The number of halogens is 6. The van der Waals surface area contributed by atoms with Gasteiger partial charge in [0.15, 0.2) is 5.96 Å². The lowest BCUT2D eigenvalue weighted by atomic mass is 9.97. The lowest BCUT2D eigenvalue weighted by Gasteiger charge is -2.22. The third kappa shape index (κ3) is 9.76. The predicted octanol–water partition coefficient (Wildman–Crippen LogP) is 2.70. The zero-order chi connectivity index (χ0) is 31.9. The summed E-state index contributed by atoms with van der Waals surface area (Å²) in [5.74, 6) is -3.00. The van der Waals surface area contributed by atoms with Gasteiger partial charge in [0.05, 0.1) is 49.4 Å². The minimum atomic E-state index is -5.17. The van der Waals surface area contributed by atoms with Crippen LogP contribution in [0.5, 0.6) is 5.75 Å². The molecule has 0 radical (unpaired) electrons. The number of guanidine groups is 1. The molecular formula is C26H27F6N5O6. The second-order valence-corrected chi connectivity index (χ2v) is 9.27. The SMILES string of the molecule is CCOC(=O)C[C@H](NC(=O)CNC(=O)c1cc(O)cc(NC2=NCC(O)CN2)c1)c1cc(C(F)(F)F)cc(C(F)(F)F)c1. The van der Waals surface area contributed by atoms with Crippen LogP contribution in [0, 0.1) is 0 Å². The summed E-state index contributed by atoms with van der Waals surface area (Å²) in [6.07, 6.45) is -11.8.